The molecule has 3 aliphatic rings. The van der Waals surface area contributed by atoms with Gasteiger partial charge in [0.15, 0.2) is 9.84 Å². The molecule has 154 valence electrons. The van der Waals surface area contributed by atoms with Crippen LogP contribution >= 0.6 is 11.6 Å². The second-order valence-corrected chi connectivity index (χ2v) is 11.5. The minimum atomic E-state index is -3.23. The molecule has 2 heterocycles. The van der Waals surface area contributed by atoms with Crippen molar-refractivity contribution in [1.82, 2.24) is 15.3 Å². The van der Waals surface area contributed by atoms with Crippen LogP contribution < -0.4 is 10.6 Å². The zero-order valence-electron chi connectivity index (χ0n) is 16.2. The predicted octanol–water partition coefficient (Wildman–Crippen LogP) is 2.22. The van der Waals surface area contributed by atoms with Crippen LogP contribution in [0.1, 0.15) is 51.1 Å². The molecule has 7 nitrogen and oxygen atoms in total. The molecular weight excluding hydrogens is 400 g/mol. The summed E-state index contributed by atoms with van der Waals surface area (Å²) in [5.41, 5.74) is 0.533. The van der Waals surface area contributed by atoms with Crippen LogP contribution in [0.3, 0.4) is 0 Å². The van der Waals surface area contributed by atoms with Crippen LogP contribution in [-0.2, 0) is 19.4 Å². The Morgan fingerprint density at radius 2 is 2.07 bits per heavy atom. The molecule has 3 fully saturated rings. The number of sulfone groups is 1. The molecule has 9 heteroatoms. The lowest BCUT2D eigenvalue weighted by molar-refractivity contribution is -0.130. The summed E-state index contributed by atoms with van der Waals surface area (Å²) in [4.78, 5) is 21.3. The van der Waals surface area contributed by atoms with Crippen molar-refractivity contribution >= 4 is 33.3 Å². The average Bonchev–Trinajstić information content (AvgIpc) is 3.43. The lowest BCUT2D eigenvalue weighted by atomic mass is 9.74. The van der Waals surface area contributed by atoms with Gasteiger partial charge in [0.1, 0.15) is 4.75 Å². The van der Waals surface area contributed by atoms with Gasteiger partial charge in [0.2, 0.25) is 11.9 Å². The molecule has 1 aromatic heterocycles. The maximum Gasteiger partial charge on any atom is 0.225 e. The van der Waals surface area contributed by atoms with Crippen molar-refractivity contribution in [2.24, 2.45) is 11.8 Å². The molecule has 2 aliphatic carbocycles. The molecule has 0 radical (unpaired) electrons. The summed E-state index contributed by atoms with van der Waals surface area (Å²) in [6.45, 7) is 1.95. The molecule has 1 aliphatic heterocycles. The van der Waals surface area contributed by atoms with Gasteiger partial charge in [-0.2, -0.15) is 0 Å². The predicted molar refractivity (Wildman–Crippen MR) is 108 cm³/mol. The van der Waals surface area contributed by atoms with Crippen LogP contribution in [0.25, 0.3) is 0 Å². The van der Waals surface area contributed by atoms with E-state index in [-0.39, 0.29) is 29.3 Å². The Morgan fingerprint density at radius 3 is 2.75 bits per heavy atom. The van der Waals surface area contributed by atoms with Gasteiger partial charge in [-0.25, -0.2) is 18.4 Å². The Balaban J connectivity index is 1.47. The fourth-order valence-electron chi connectivity index (χ4n) is 4.73. The fourth-order valence-corrected chi connectivity index (χ4v) is 6.42. The van der Waals surface area contributed by atoms with Crippen molar-refractivity contribution in [3.63, 3.8) is 0 Å². The molecular formula is C19H27ClN4O3S. The molecule has 4 unspecified atom stereocenters. The van der Waals surface area contributed by atoms with Gasteiger partial charge in [0, 0.05) is 29.9 Å². The first-order valence-corrected chi connectivity index (χ1v) is 12.3. The Labute approximate surface area is 171 Å². The van der Waals surface area contributed by atoms with E-state index in [0.29, 0.717) is 30.4 Å². The number of hydrogen-bond donors (Lipinski definition) is 2. The maximum absolute atomic E-state index is 12.6. The molecule has 5 atom stereocenters. The summed E-state index contributed by atoms with van der Waals surface area (Å²) in [6, 6.07) is 1.74. The number of amides is 1. The zero-order valence-corrected chi connectivity index (χ0v) is 17.8. The Morgan fingerprint density at radius 1 is 1.32 bits per heavy atom. The molecule has 0 aromatic carbocycles. The van der Waals surface area contributed by atoms with Crippen molar-refractivity contribution in [1.29, 1.82) is 0 Å². The van der Waals surface area contributed by atoms with E-state index >= 15 is 0 Å². The van der Waals surface area contributed by atoms with Gasteiger partial charge >= 0.3 is 0 Å². The third-order valence-electron chi connectivity index (χ3n) is 6.64. The second-order valence-electron chi connectivity index (χ2n) is 8.59. The van der Waals surface area contributed by atoms with Crippen LogP contribution in [-0.4, -0.2) is 48.0 Å². The van der Waals surface area contributed by atoms with Crippen molar-refractivity contribution < 1.29 is 13.2 Å². The standard InChI is InChI=1S/C19H27ClN4O3S/c1-11(14-10-12-9-13(20)3-4-15(12)23-17(14)25)22-18-21-8-5-16(24-18)19(6-7-19)28(2,26)27/h5,8,11-15H,3-4,6-7,9-10H2,1-2H3,(H,23,25)(H,21,22,24)/t11-,12?,13?,14?,15?/m0/s1. The number of fused-ring (bicyclic) bond motifs is 1. The highest BCUT2D eigenvalue weighted by atomic mass is 35.5. The third kappa shape index (κ3) is 3.61. The van der Waals surface area contributed by atoms with Crippen LogP contribution in [0.2, 0.25) is 0 Å². The highest BCUT2D eigenvalue weighted by Gasteiger charge is 2.55. The minimum Gasteiger partial charge on any atom is -0.353 e. The topological polar surface area (TPSA) is 101 Å². The summed E-state index contributed by atoms with van der Waals surface area (Å²) in [5.74, 6) is 0.629. The number of carbonyl (C=O) groups excluding carboxylic acids is 1. The smallest absolute Gasteiger partial charge is 0.225 e. The number of rotatable bonds is 5. The molecule has 28 heavy (non-hydrogen) atoms. The van der Waals surface area contributed by atoms with Crippen molar-refractivity contribution in [2.75, 3.05) is 11.6 Å². The number of carbonyl (C=O) groups is 1. The molecule has 1 saturated heterocycles. The lowest BCUT2D eigenvalue weighted by Gasteiger charge is -2.42. The van der Waals surface area contributed by atoms with Gasteiger partial charge in [-0.3, -0.25) is 4.79 Å². The largest absolute Gasteiger partial charge is 0.353 e. The number of piperidine rings is 1. The summed E-state index contributed by atoms with van der Waals surface area (Å²) in [5, 5.41) is 6.58. The second kappa shape index (κ2) is 7.13. The summed E-state index contributed by atoms with van der Waals surface area (Å²) < 4.78 is 23.4. The first kappa shape index (κ1) is 19.9. The van der Waals surface area contributed by atoms with Gasteiger partial charge in [0.25, 0.3) is 0 Å². The maximum atomic E-state index is 12.6. The van der Waals surface area contributed by atoms with E-state index in [1.54, 1.807) is 12.3 Å². The molecule has 1 aromatic rings. The average molecular weight is 427 g/mol. The number of halogens is 1. The normalized spacial score (nSPS) is 32.8. The van der Waals surface area contributed by atoms with Crippen LogP contribution in [0.15, 0.2) is 12.3 Å². The van der Waals surface area contributed by atoms with Gasteiger partial charge in [-0.05, 0) is 57.4 Å². The van der Waals surface area contributed by atoms with Crippen LogP contribution in [0, 0.1) is 11.8 Å². The monoisotopic (exact) mass is 426 g/mol. The molecule has 2 N–H and O–H groups in total. The summed E-state index contributed by atoms with van der Waals surface area (Å²) >= 11 is 6.34. The van der Waals surface area contributed by atoms with Crippen LogP contribution in [0.4, 0.5) is 5.95 Å². The van der Waals surface area contributed by atoms with Crippen molar-refractivity contribution in [2.45, 2.75) is 67.7 Å². The minimum absolute atomic E-state index is 0.0558. The van der Waals surface area contributed by atoms with Crippen molar-refractivity contribution in [3.05, 3.63) is 18.0 Å². The highest BCUT2D eigenvalue weighted by molar-refractivity contribution is 7.91. The van der Waals surface area contributed by atoms with Crippen molar-refractivity contribution in [3.8, 4) is 0 Å². The molecule has 0 spiro atoms. The first-order valence-electron chi connectivity index (χ1n) is 9.94. The molecule has 2 saturated carbocycles. The number of hydrogen-bond acceptors (Lipinski definition) is 6. The number of aromatic nitrogens is 2. The van der Waals surface area contributed by atoms with Gasteiger partial charge < -0.3 is 10.6 Å². The highest BCUT2D eigenvalue weighted by Crippen LogP contribution is 2.51. The SMILES string of the molecule is C[C@H](Nc1nccc(C2(S(C)(=O)=O)CC2)n1)C1CC2CC(Cl)CCC2NC1=O. The van der Waals surface area contributed by atoms with E-state index in [1.807, 2.05) is 6.92 Å². The van der Waals surface area contributed by atoms with Gasteiger partial charge in [-0.1, -0.05) is 0 Å². The van der Waals surface area contributed by atoms with E-state index in [2.05, 4.69) is 20.6 Å². The lowest BCUT2D eigenvalue weighted by Crippen LogP contribution is -2.55. The van der Waals surface area contributed by atoms with E-state index in [0.717, 1.165) is 25.7 Å². The summed E-state index contributed by atoms with van der Waals surface area (Å²) in [6.07, 6.45) is 7.63. The molecule has 0 bridgehead atoms. The van der Waals surface area contributed by atoms with E-state index in [4.69, 9.17) is 11.6 Å². The van der Waals surface area contributed by atoms with E-state index < -0.39 is 14.6 Å². The number of nitrogens with zero attached hydrogens (tertiary/aromatic N) is 2. The number of nitrogens with one attached hydrogen (secondary N) is 2. The Hall–Kier alpha value is -1.41. The third-order valence-corrected chi connectivity index (χ3v) is 9.07. The first-order chi connectivity index (χ1) is 13.2. The molecule has 4 rings (SSSR count). The number of anilines is 1. The summed E-state index contributed by atoms with van der Waals surface area (Å²) in [7, 11) is -3.23. The quantitative estimate of drug-likeness (QED) is 0.700. The van der Waals surface area contributed by atoms with Gasteiger partial charge in [-0.15, -0.1) is 11.6 Å². The Kier molecular flexibility index (Phi) is 5.06. The number of alkyl halides is 1. The van der Waals surface area contributed by atoms with Gasteiger partial charge in [0.05, 0.1) is 11.6 Å². The molecule has 1 amide bonds. The van der Waals surface area contributed by atoms with E-state index in [1.165, 1.54) is 6.26 Å². The zero-order chi connectivity index (χ0) is 20.1. The Bertz CT molecular complexity index is 874. The van der Waals surface area contributed by atoms with E-state index in [9.17, 15) is 13.2 Å². The van der Waals surface area contributed by atoms with Crippen LogP contribution in [0.5, 0.6) is 0 Å². The fraction of sp³-hybridized carbons (Fsp3) is 0.737.